The summed E-state index contributed by atoms with van der Waals surface area (Å²) in [6.45, 7) is 2.87. The Labute approximate surface area is 113 Å². The maximum atomic E-state index is 11.6. The maximum Gasteiger partial charge on any atom is 0.409 e. The standard InChI is InChI=1S/C12H23N3O4/c1-13(2)11(17)10-14-4-3-5-15(7-6-14)12(18)19-9-8-16/h16H,3-10H2,1-2H3. The van der Waals surface area contributed by atoms with E-state index < -0.39 is 6.09 Å². The fourth-order valence-corrected chi connectivity index (χ4v) is 1.87. The summed E-state index contributed by atoms with van der Waals surface area (Å²) in [4.78, 5) is 28.5. The smallest absolute Gasteiger partial charge is 0.409 e. The van der Waals surface area contributed by atoms with E-state index in [0.717, 1.165) is 13.0 Å². The number of carbonyl (C=O) groups excluding carboxylic acids is 2. The van der Waals surface area contributed by atoms with Crippen molar-refractivity contribution in [2.24, 2.45) is 0 Å². The molecule has 2 amide bonds. The molecule has 0 aromatic rings. The fraction of sp³-hybridized carbons (Fsp3) is 0.833. The molecular weight excluding hydrogens is 250 g/mol. The van der Waals surface area contributed by atoms with E-state index in [2.05, 4.69) is 0 Å². The van der Waals surface area contributed by atoms with Gasteiger partial charge in [0.25, 0.3) is 0 Å². The number of carbonyl (C=O) groups is 2. The topological polar surface area (TPSA) is 73.3 Å². The molecule has 19 heavy (non-hydrogen) atoms. The highest BCUT2D eigenvalue weighted by Gasteiger charge is 2.21. The minimum Gasteiger partial charge on any atom is -0.447 e. The molecule has 0 atom stereocenters. The first-order valence-corrected chi connectivity index (χ1v) is 6.49. The van der Waals surface area contributed by atoms with Gasteiger partial charge in [-0.3, -0.25) is 9.69 Å². The van der Waals surface area contributed by atoms with Gasteiger partial charge in [-0.1, -0.05) is 0 Å². The van der Waals surface area contributed by atoms with Crippen LogP contribution in [0.5, 0.6) is 0 Å². The molecular formula is C12H23N3O4. The Bertz CT molecular complexity index is 309. The number of amides is 2. The van der Waals surface area contributed by atoms with Gasteiger partial charge in [-0.05, 0) is 6.42 Å². The van der Waals surface area contributed by atoms with Crippen molar-refractivity contribution < 1.29 is 19.4 Å². The summed E-state index contributed by atoms with van der Waals surface area (Å²) in [7, 11) is 3.47. The summed E-state index contributed by atoms with van der Waals surface area (Å²) in [6.07, 6.45) is 0.421. The molecule has 0 aromatic carbocycles. The molecule has 7 nitrogen and oxygen atoms in total. The van der Waals surface area contributed by atoms with Gasteiger partial charge >= 0.3 is 6.09 Å². The lowest BCUT2D eigenvalue weighted by Gasteiger charge is -2.22. The van der Waals surface area contributed by atoms with E-state index in [1.54, 1.807) is 23.9 Å². The second kappa shape index (κ2) is 7.96. The molecule has 0 aliphatic carbocycles. The van der Waals surface area contributed by atoms with Crippen molar-refractivity contribution in [3.05, 3.63) is 0 Å². The molecule has 1 fully saturated rings. The molecule has 0 spiro atoms. The first-order chi connectivity index (χ1) is 9.04. The van der Waals surface area contributed by atoms with Crippen LogP contribution < -0.4 is 0 Å². The number of aliphatic hydroxyl groups is 1. The molecule has 1 N–H and O–H groups in total. The van der Waals surface area contributed by atoms with Crippen LogP contribution >= 0.6 is 0 Å². The monoisotopic (exact) mass is 273 g/mol. The van der Waals surface area contributed by atoms with E-state index in [9.17, 15) is 9.59 Å². The predicted octanol–water partition coefficient (Wildman–Crippen LogP) is -0.789. The fourth-order valence-electron chi connectivity index (χ4n) is 1.87. The van der Waals surface area contributed by atoms with Crippen LogP contribution in [0.4, 0.5) is 4.79 Å². The summed E-state index contributed by atoms with van der Waals surface area (Å²) in [6, 6.07) is 0. The van der Waals surface area contributed by atoms with E-state index in [4.69, 9.17) is 9.84 Å². The van der Waals surface area contributed by atoms with Crippen LogP contribution in [-0.2, 0) is 9.53 Å². The Kier molecular flexibility index (Phi) is 6.58. The molecule has 1 heterocycles. The van der Waals surface area contributed by atoms with Gasteiger partial charge in [0, 0.05) is 40.3 Å². The number of likely N-dealkylation sites (N-methyl/N-ethyl adjacent to an activating group) is 1. The van der Waals surface area contributed by atoms with E-state index in [1.807, 2.05) is 4.90 Å². The highest BCUT2D eigenvalue weighted by atomic mass is 16.6. The summed E-state index contributed by atoms with van der Waals surface area (Å²) >= 11 is 0. The minimum absolute atomic E-state index is 0.0260. The number of hydrogen-bond donors (Lipinski definition) is 1. The second-order valence-electron chi connectivity index (χ2n) is 4.74. The van der Waals surface area contributed by atoms with Crippen LogP contribution in [0.2, 0.25) is 0 Å². The molecule has 0 aromatic heterocycles. The molecule has 1 rings (SSSR count). The van der Waals surface area contributed by atoms with Crippen LogP contribution in [0.15, 0.2) is 0 Å². The lowest BCUT2D eigenvalue weighted by molar-refractivity contribution is -0.129. The largest absolute Gasteiger partial charge is 0.447 e. The molecule has 0 unspecified atom stereocenters. The summed E-state index contributed by atoms with van der Waals surface area (Å²) < 4.78 is 4.88. The highest BCUT2D eigenvalue weighted by Crippen LogP contribution is 2.05. The second-order valence-corrected chi connectivity index (χ2v) is 4.74. The van der Waals surface area contributed by atoms with Crippen LogP contribution in [-0.4, -0.2) is 91.8 Å². The van der Waals surface area contributed by atoms with Gasteiger partial charge in [-0.25, -0.2) is 4.79 Å². The number of nitrogens with zero attached hydrogens (tertiary/aromatic N) is 3. The zero-order chi connectivity index (χ0) is 14.3. The molecule has 1 aliphatic rings. The third-order valence-corrected chi connectivity index (χ3v) is 3.02. The first kappa shape index (κ1) is 15.7. The average Bonchev–Trinajstić information content (AvgIpc) is 2.61. The van der Waals surface area contributed by atoms with E-state index >= 15 is 0 Å². The quantitative estimate of drug-likeness (QED) is 0.727. The molecule has 0 saturated carbocycles. The SMILES string of the molecule is CN(C)C(=O)CN1CCCN(C(=O)OCCO)CC1. The van der Waals surface area contributed by atoms with Gasteiger partial charge in [0.15, 0.2) is 0 Å². The van der Waals surface area contributed by atoms with E-state index in [1.165, 1.54) is 0 Å². The molecule has 1 saturated heterocycles. The normalized spacial score (nSPS) is 16.9. The zero-order valence-corrected chi connectivity index (χ0v) is 11.7. The summed E-state index contributed by atoms with van der Waals surface area (Å²) in [5.41, 5.74) is 0. The van der Waals surface area contributed by atoms with Crippen LogP contribution in [0, 0.1) is 0 Å². The Morgan fingerprint density at radius 1 is 1.21 bits per heavy atom. The number of ether oxygens (including phenoxy) is 1. The Morgan fingerprint density at radius 3 is 2.58 bits per heavy atom. The molecule has 0 bridgehead atoms. The third-order valence-electron chi connectivity index (χ3n) is 3.02. The summed E-state index contributed by atoms with van der Waals surface area (Å²) in [5.74, 6) is 0.0660. The van der Waals surface area contributed by atoms with Gasteiger partial charge in [0.05, 0.1) is 13.2 Å². The van der Waals surface area contributed by atoms with Crippen LogP contribution in [0.25, 0.3) is 0 Å². The Balaban J connectivity index is 2.38. The lowest BCUT2D eigenvalue weighted by Crippen LogP contribution is -2.39. The highest BCUT2D eigenvalue weighted by molar-refractivity contribution is 5.77. The predicted molar refractivity (Wildman–Crippen MR) is 69.8 cm³/mol. The van der Waals surface area contributed by atoms with Gasteiger partial charge in [0.2, 0.25) is 5.91 Å². The maximum absolute atomic E-state index is 11.6. The van der Waals surface area contributed by atoms with Gasteiger partial charge in [-0.2, -0.15) is 0 Å². The number of aliphatic hydroxyl groups excluding tert-OH is 1. The molecule has 1 aliphatic heterocycles. The van der Waals surface area contributed by atoms with E-state index in [0.29, 0.717) is 26.2 Å². The van der Waals surface area contributed by atoms with Gasteiger partial charge < -0.3 is 19.6 Å². The van der Waals surface area contributed by atoms with Gasteiger partial charge in [-0.15, -0.1) is 0 Å². The lowest BCUT2D eigenvalue weighted by atomic mass is 10.3. The van der Waals surface area contributed by atoms with Crippen molar-refractivity contribution in [3.63, 3.8) is 0 Å². The third kappa shape index (κ3) is 5.44. The van der Waals surface area contributed by atoms with Crippen molar-refractivity contribution >= 4 is 12.0 Å². The molecule has 7 heteroatoms. The van der Waals surface area contributed by atoms with E-state index in [-0.39, 0.29) is 19.1 Å². The van der Waals surface area contributed by atoms with Crippen molar-refractivity contribution in [2.45, 2.75) is 6.42 Å². The van der Waals surface area contributed by atoms with Crippen LogP contribution in [0.1, 0.15) is 6.42 Å². The van der Waals surface area contributed by atoms with Crippen molar-refractivity contribution in [1.29, 1.82) is 0 Å². The average molecular weight is 273 g/mol. The molecule has 110 valence electrons. The number of rotatable bonds is 4. The minimum atomic E-state index is -0.394. The number of hydrogen-bond acceptors (Lipinski definition) is 5. The van der Waals surface area contributed by atoms with Crippen molar-refractivity contribution in [1.82, 2.24) is 14.7 Å². The van der Waals surface area contributed by atoms with Gasteiger partial charge in [0.1, 0.15) is 6.61 Å². The van der Waals surface area contributed by atoms with Crippen LogP contribution in [0.3, 0.4) is 0 Å². The Morgan fingerprint density at radius 2 is 1.95 bits per heavy atom. The Hall–Kier alpha value is -1.34. The van der Waals surface area contributed by atoms with Crippen molar-refractivity contribution in [3.8, 4) is 0 Å². The summed E-state index contributed by atoms with van der Waals surface area (Å²) in [5, 5.41) is 8.62. The molecule has 0 radical (unpaired) electrons. The van der Waals surface area contributed by atoms with Crippen molar-refractivity contribution in [2.75, 3.05) is 60.0 Å². The zero-order valence-electron chi connectivity index (χ0n) is 11.7. The first-order valence-electron chi connectivity index (χ1n) is 6.49.